The fourth-order valence-electron chi connectivity index (χ4n) is 2.71. The molecule has 0 fully saturated rings. The van der Waals surface area contributed by atoms with Crippen LogP contribution in [0.2, 0.25) is 0 Å². The van der Waals surface area contributed by atoms with Crippen LogP contribution in [0.5, 0.6) is 0 Å². The minimum Gasteiger partial charge on any atom is -0.366 e. The summed E-state index contributed by atoms with van der Waals surface area (Å²) < 4.78 is 14.2. The van der Waals surface area contributed by atoms with Gasteiger partial charge in [-0.15, -0.1) is 0 Å². The van der Waals surface area contributed by atoms with Crippen molar-refractivity contribution in [2.24, 2.45) is 0 Å². The lowest BCUT2D eigenvalue weighted by molar-refractivity contribution is 0.625. The minimum atomic E-state index is -0.225. The van der Waals surface area contributed by atoms with Crippen molar-refractivity contribution in [3.05, 3.63) is 51.6 Å². The smallest absolute Gasteiger partial charge is 0.133 e. The predicted octanol–water partition coefficient (Wildman–Crippen LogP) is 4.26. The molecule has 0 aliphatic heterocycles. The zero-order valence-electron chi connectivity index (χ0n) is 11.7. The third-order valence-electron chi connectivity index (χ3n) is 3.83. The van der Waals surface area contributed by atoms with Crippen LogP contribution >= 0.6 is 15.9 Å². The Bertz CT molecular complexity index is 645. The molecule has 0 saturated carbocycles. The van der Waals surface area contributed by atoms with E-state index in [9.17, 15) is 4.39 Å². The van der Waals surface area contributed by atoms with E-state index >= 15 is 0 Å². The summed E-state index contributed by atoms with van der Waals surface area (Å²) in [7, 11) is 0. The maximum Gasteiger partial charge on any atom is 0.133 e. The molecule has 0 bridgehead atoms. The lowest BCUT2D eigenvalue weighted by Crippen LogP contribution is -2.08. The summed E-state index contributed by atoms with van der Waals surface area (Å²) in [6.45, 7) is 0.543. The van der Waals surface area contributed by atoms with Crippen molar-refractivity contribution >= 4 is 21.7 Å². The van der Waals surface area contributed by atoms with Crippen molar-refractivity contribution < 1.29 is 4.39 Å². The largest absolute Gasteiger partial charge is 0.366 e. The van der Waals surface area contributed by atoms with Crippen LogP contribution in [0.3, 0.4) is 0 Å². The van der Waals surface area contributed by atoms with Crippen LogP contribution in [0.4, 0.5) is 10.2 Å². The van der Waals surface area contributed by atoms with Gasteiger partial charge in [-0.05, 0) is 49.4 Å². The second kappa shape index (κ2) is 6.52. The Labute approximate surface area is 132 Å². The van der Waals surface area contributed by atoms with Gasteiger partial charge in [-0.25, -0.2) is 14.4 Å². The molecule has 1 heterocycles. The molecule has 1 aromatic carbocycles. The summed E-state index contributed by atoms with van der Waals surface area (Å²) in [5, 5.41) is 3.34. The summed E-state index contributed by atoms with van der Waals surface area (Å²) in [6.07, 6.45) is 7.27. The molecule has 0 amide bonds. The van der Waals surface area contributed by atoms with E-state index < -0.39 is 0 Å². The molecule has 0 saturated heterocycles. The summed E-state index contributed by atoms with van der Waals surface area (Å²) >= 11 is 3.45. The fourth-order valence-corrected chi connectivity index (χ4v) is 3.09. The number of benzene rings is 1. The van der Waals surface area contributed by atoms with E-state index in [0.29, 0.717) is 6.54 Å². The van der Waals surface area contributed by atoms with Crippen LogP contribution in [-0.4, -0.2) is 9.97 Å². The van der Waals surface area contributed by atoms with Gasteiger partial charge in [0.15, 0.2) is 0 Å². The van der Waals surface area contributed by atoms with E-state index in [0.717, 1.165) is 34.4 Å². The van der Waals surface area contributed by atoms with Gasteiger partial charge in [0.1, 0.15) is 18.0 Å². The van der Waals surface area contributed by atoms with E-state index in [4.69, 9.17) is 0 Å². The highest BCUT2D eigenvalue weighted by Gasteiger charge is 2.14. The summed E-state index contributed by atoms with van der Waals surface area (Å²) in [5.41, 5.74) is 3.27. The van der Waals surface area contributed by atoms with E-state index in [1.807, 2.05) is 0 Å². The maximum absolute atomic E-state index is 13.3. The Morgan fingerprint density at radius 1 is 1.14 bits per heavy atom. The van der Waals surface area contributed by atoms with Crippen molar-refractivity contribution in [2.45, 2.75) is 38.6 Å². The number of hydrogen-bond acceptors (Lipinski definition) is 3. The first kappa shape index (κ1) is 14.4. The highest BCUT2D eigenvalue weighted by Crippen LogP contribution is 2.25. The lowest BCUT2D eigenvalue weighted by Gasteiger charge is -2.13. The van der Waals surface area contributed by atoms with Gasteiger partial charge in [-0.2, -0.15) is 0 Å². The number of anilines is 1. The Morgan fingerprint density at radius 3 is 2.90 bits per heavy atom. The Balaban J connectivity index is 1.81. The van der Waals surface area contributed by atoms with E-state index in [1.165, 1.54) is 37.0 Å². The average Bonchev–Trinajstić information content (AvgIpc) is 2.74. The zero-order valence-corrected chi connectivity index (χ0v) is 13.3. The van der Waals surface area contributed by atoms with Gasteiger partial charge in [-0.3, -0.25) is 0 Å². The second-order valence-corrected chi connectivity index (χ2v) is 6.15. The predicted molar refractivity (Wildman–Crippen MR) is 84.7 cm³/mol. The van der Waals surface area contributed by atoms with Crippen molar-refractivity contribution in [1.29, 1.82) is 0 Å². The molecule has 0 radical (unpaired) electrons. The maximum atomic E-state index is 13.3. The van der Waals surface area contributed by atoms with Crippen LogP contribution in [-0.2, 0) is 19.4 Å². The molecule has 0 spiro atoms. The molecule has 110 valence electrons. The van der Waals surface area contributed by atoms with Crippen LogP contribution in [0, 0.1) is 5.82 Å². The number of fused-ring (bicyclic) bond motifs is 1. The van der Waals surface area contributed by atoms with Gasteiger partial charge < -0.3 is 5.32 Å². The third kappa shape index (κ3) is 3.40. The summed E-state index contributed by atoms with van der Waals surface area (Å²) in [4.78, 5) is 8.78. The van der Waals surface area contributed by atoms with Crippen LogP contribution in [0.25, 0.3) is 0 Å². The molecule has 3 nitrogen and oxygen atoms in total. The fraction of sp³-hybridized carbons (Fsp3) is 0.375. The first-order valence-corrected chi connectivity index (χ1v) is 8.04. The number of aromatic nitrogens is 2. The van der Waals surface area contributed by atoms with Gasteiger partial charge >= 0.3 is 0 Å². The topological polar surface area (TPSA) is 37.8 Å². The van der Waals surface area contributed by atoms with Crippen molar-refractivity contribution in [3.63, 3.8) is 0 Å². The zero-order chi connectivity index (χ0) is 14.7. The molecule has 1 aliphatic carbocycles. The highest BCUT2D eigenvalue weighted by atomic mass is 79.9. The van der Waals surface area contributed by atoms with Crippen molar-refractivity contribution in [1.82, 2.24) is 9.97 Å². The van der Waals surface area contributed by atoms with Gasteiger partial charge in [0.2, 0.25) is 0 Å². The Hall–Kier alpha value is -1.49. The molecule has 1 aliphatic rings. The standard InChI is InChI=1S/C16H17BrFN3/c17-14-7-6-12(18)8-11(14)9-19-16-13-4-2-1-3-5-15(13)20-10-21-16/h6-8,10H,1-5,9H2,(H,19,20,21). The van der Waals surface area contributed by atoms with E-state index in [1.54, 1.807) is 12.4 Å². The van der Waals surface area contributed by atoms with Gasteiger partial charge in [-0.1, -0.05) is 22.4 Å². The number of nitrogens with one attached hydrogen (secondary N) is 1. The third-order valence-corrected chi connectivity index (χ3v) is 4.60. The molecule has 1 N–H and O–H groups in total. The Morgan fingerprint density at radius 2 is 2.00 bits per heavy atom. The number of aryl methyl sites for hydroxylation is 1. The van der Waals surface area contributed by atoms with E-state index in [2.05, 4.69) is 31.2 Å². The average molecular weight is 350 g/mol. The molecule has 3 rings (SSSR count). The molecule has 1 aromatic heterocycles. The summed E-state index contributed by atoms with van der Waals surface area (Å²) in [6, 6.07) is 4.72. The minimum absolute atomic E-state index is 0.225. The van der Waals surface area contributed by atoms with Crippen molar-refractivity contribution in [3.8, 4) is 0 Å². The quantitative estimate of drug-likeness (QED) is 0.841. The number of rotatable bonds is 3. The van der Waals surface area contributed by atoms with Crippen LogP contribution < -0.4 is 5.32 Å². The molecule has 0 unspecified atom stereocenters. The normalized spacial score (nSPS) is 14.4. The van der Waals surface area contributed by atoms with Gasteiger partial charge in [0, 0.05) is 22.3 Å². The monoisotopic (exact) mass is 349 g/mol. The van der Waals surface area contributed by atoms with Crippen LogP contribution in [0.1, 0.15) is 36.1 Å². The van der Waals surface area contributed by atoms with Gasteiger partial charge in [0.05, 0.1) is 0 Å². The number of hydrogen-bond donors (Lipinski definition) is 1. The SMILES string of the molecule is Fc1ccc(Br)c(CNc2ncnc3c2CCCCC3)c1. The van der Waals surface area contributed by atoms with Gasteiger partial charge in [0.25, 0.3) is 0 Å². The van der Waals surface area contributed by atoms with E-state index in [-0.39, 0.29) is 5.82 Å². The lowest BCUT2D eigenvalue weighted by atomic mass is 10.1. The molecular formula is C16H17BrFN3. The summed E-state index contributed by atoms with van der Waals surface area (Å²) in [5.74, 6) is 0.662. The van der Waals surface area contributed by atoms with Crippen molar-refractivity contribution in [2.75, 3.05) is 5.32 Å². The molecule has 0 atom stereocenters. The molecular weight excluding hydrogens is 333 g/mol. The first-order chi connectivity index (χ1) is 10.2. The molecule has 21 heavy (non-hydrogen) atoms. The number of halogens is 2. The Kier molecular flexibility index (Phi) is 4.48. The van der Waals surface area contributed by atoms with Crippen LogP contribution in [0.15, 0.2) is 29.0 Å². The number of nitrogens with zero attached hydrogens (tertiary/aromatic N) is 2. The molecule has 5 heteroatoms. The second-order valence-electron chi connectivity index (χ2n) is 5.30. The highest BCUT2D eigenvalue weighted by molar-refractivity contribution is 9.10. The first-order valence-electron chi connectivity index (χ1n) is 7.24. The molecule has 2 aromatic rings.